The fraction of sp³-hybridized carbons (Fsp3) is 0.222. The summed E-state index contributed by atoms with van der Waals surface area (Å²) in [5.74, 6) is 1.32. The maximum Gasteiger partial charge on any atom is 0.324 e. The number of benzene rings is 2. The molecule has 0 bridgehead atoms. The van der Waals surface area contributed by atoms with E-state index in [1.54, 1.807) is 17.1 Å². The Balaban J connectivity index is 1.39. The SMILES string of the molecule is CC(C)(C)c1cc(NC(=O)Nc2ccc(OCCc3ccncc3)cc2)n(-c2ccc(S)cc2)n1. The first-order valence-electron chi connectivity index (χ1n) is 11.4. The molecule has 35 heavy (non-hydrogen) atoms. The highest BCUT2D eigenvalue weighted by Gasteiger charge is 2.21. The van der Waals surface area contributed by atoms with Crippen LogP contribution in [-0.4, -0.2) is 27.4 Å². The highest BCUT2D eigenvalue weighted by Crippen LogP contribution is 2.27. The Morgan fingerprint density at radius 2 is 1.66 bits per heavy atom. The van der Waals surface area contributed by atoms with Crippen molar-refractivity contribution in [3.05, 3.63) is 90.4 Å². The Bertz CT molecular complexity index is 1260. The lowest BCUT2D eigenvalue weighted by Gasteiger charge is -2.14. The van der Waals surface area contributed by atoms with Gasteiger partial charge in [-0.2, -0.15) is 5.10 Å². The molecule has 2 N–H and O–H groups in total. The standard InChI is InChI=1S/C27H29N5O2S/c1-27(2,3)24-18-25(32(31-24)21-6-10-23(35)11-7-21)30-26(33)29-20-4-8-22(9-5-20)34-17-14-19-12-15-28-16-13-19/h4-13,15-16,18,35H,14,17H2,1-3H3,(H2,29,30,33). The number of ether oxygens (including phenoxy) is 1. The summed E-state index contributed by atoms with van der Waals surface area (Å²) in [4.78, 5) is 17.7. The van der Waals surface area contributed by atoms with Crippen molar-refractivity contribution in [2.45, 2.75) is 37.5 Å². The summed E-state index contributed by atoms with van der Waals surface area (Å²) in [6, 6.07) is 20.4. The van der Waals surface area contributed by atoms with Gasteiger partial charge in [-0.15, -0.1) is 12.6 Å². The molecule has 2 aromatic heterocycles. The average molecular weight is 488 g/mol. The second-order valence-electron chi connectivity index (χ2n) is 9.15. The number of hydrogen-bond acceptors (Lipinski definition) is 5. The Morgan fingerprint density at radius 3 is 2.31 bits per heavy atom. The zero-order valence-electron chi connectivity index (χ0n) is 20.0. The maximum atomic E-state index is 12.8. The number of rotatable bonds is 7. The molecular formula is C27H29N5O2S. The molecule has 0 atom stereocenters. The molecule has 0 unspecified atom stereocenters. The van der Waals surface area contributed by atoms with Gasteiger partial charge in [0.1, 0.15) is 11.6 Å². The van der Waals surface area contributed by atoms with E-state index in [-0.39, 0.29) is 11.4 Å². The number of hydrogen-bond donors (Lipinski definition) is 3. The molecule has 180 valence electrons. The van der Waals surface area contributed by atoms with Crippen molar-refractivity contribution in [3.8, 4) is 11.4 Å². The molecule has 4 rings (SSSR count). The summed E-state index contributed by atoms with van der Waals surface area (Å²) in [6.07, 6.45) is 4.34. The first-order valence-corrected chi connectivity index (χ1v) is 11.8. The van der Waals surface area contributed by atoms with Gasteiger partial charge in [-0.1, -0.05) is 20.8 Å². The quantitative estimate of drug-likeness (QED) is 0.274. The summed E-state index contributed by atoms with van der Waals surface area (Å²) >= 11 is 4.35. The minimum Gasteiger partial charge on any atom is -0.493 e. The molecule has 7 nitrogen and oxygen atoms in total. The van der Waals surface area contributed by atoms with Crippen molar-refractivity contribution in [2.75, 3.05) is 17.2 Å². The monoisotopic (exact) mass is 487 g/mol. The van der Waals surface area contributed by atoms with Crippen molar-refractivity contribution in [2.24, 2.45) is 0 Å². The number of nitrogens with one attached hydrogen (secondary N) is 2. The van der Waals surface area contributed by atoms with E-state index in [4.69, 9.17) is 9.84 Å². The number of carbonyl (C=O) groups is 1. The molecule has 8 heteroatoms. The molecule has 0 spiro atoms. The first-order chi connectivity index (χ1) is 16.8. The van der Waals surface area contributed by atoms with Crippen molar-refractivity contribution < 1.29 is 9.53 Å². The van der Waals surface area contributed by atoms with Gasteiger partial charge in [0.2, 0.25) is 0 Å². The third kappa shape index (κ3) is 6.64. The molecule has 0 aliphatic heterocycles. The smallest absolute Gasteiger partial charge is 0.324 e. The highest BCUT2D eigenvalue weighted by molar-refractivity contribution is 7.80. The zero-order chi connectivity index (χ0) is 24.8. The van der Waals surface area contributed by atoms with Gasteiger partial charge >= 0.3 is 6.03 Å². The fourth-order valence-corrected chi connectivity index (χ4v) is 3.53. The van der Waals surface area contributed by atoms with Gasteiger partial charge in [-0.05, 0) is 66.2 Å². The number of pyridine rings is 1. The molecule has 2 amide bonds. The molecule has 0 fully saturated rings. The van der Waals surface area contributed by atoms with Gasteiger partial charge in [-0.3, -0.25) is 10.3 Å². The summed E-state index contributed by atoms with van der Waals surface area (Å²) in [5, 5.41) is 10.5. The lowest BCUT2D eigenvalue weighted by atomic mass is 9.92. The van der Waals surface area contributed by atoms with E-state index in [1.165, 1.54) is 5.56 Å². The van der Waals surface area contributed by atoms with Crippen molar-refractivity contribution in [1.29, 1.82) is 0 Å². The van der Waals surface area contributed by atoms with Crippen LogP contribution in [0.5, 0.6) is 5.75 Å². The molecule has 0 aliphatic carbocycles. The van der Waals surface area contributed by atoms with E-state index in [0.717, 1.165) is 28.4 Å². The van der Waals surface area contributed by atoms with Crippen LogP contribution in [0, 0.1) is 0 Å². The van der Waals surface area contributed by atoms with Crippen LogP contribution in [-0.2, 0) is 11.8 Å². The predicted octanol–water partition coefficient (Wildman–Crippen LogP) is 6.12. The zero-order valence-corrected chi connectivity index (χ0v) is 20.9. The number of thiol groups is 1. The predicted molar refractivity (Wildman–Crippen MR) is 142 cm³/mol. The Kier molecular flexibility index (Phi) is 7.41. The van der Waals surface area contributed by atoms with Crippen molar-refractivity contribution in [3.63, 3.8) is 0 Å². The summed E-state index contributed by atoms with van der Waals surface area (Å²) < 4.78 is 7.54. The van der Waals surface area contributed by atoms with E-state index in [0.29, 0.717) is 18.1 Å². The summed E-state index contributed by atoms with van der Waals surface area (Å²) in [7, 11) is 0. The molecule has 0 saturated heterocycles. The van der Waals surface area contributed by atoms with Crippen LogP contribution in [0.1, 0.15) is 32.0 Å². The van der Waals surface area contributed by atoms with Gasteiger partial charge in [0.15, 0.2) is 0 Å². The lowest BCUT2D eigenvalue weighted by Crippen LogP contribution is -2.21. The summed E-state index contributed by atoms with van der Waals surface area (Å²) in [5.41, 5.74) is 3.36. The Morgan fingerprint density at radius 1 is 0.971 bits per heavy atom. The lowest BCUT2D eigenvalue weighted by molar-refractivity contribution is 0.262. The third-order valence-electron chi connectivity index (χ3n) is 5.33. The van der Waals surface area contributed by atoms with Crippen molar-refractivity contribution >= 4 is 30.2 Å². The molecule has 2 aromatic carbocycles. The maximum absolute atomic E-state index is 12.8. The molecule has 0 radical (unpaired) electrons. The van der Waals surface area contributed by atoms with Gasteiger partial charge in [0.25, 0.3) is 0 Å². The van der Waals surface area contributed by atoms with Gasteiger partial charge in [-0.25, -0.2) is 9.48 Å². The first kappa shape index (κ1) is 24.3. The Hall–Kier alpha value is -3.78. The molecule has 2 heterocycles. The molecule has 0 saturated carbocycles. The topological polar surface area (TPSA) is 81.1 Å². The minimum absolute atomic E-state index is 0.172. The van der Waals surface area contributed by atoms with E-state index >= 15 is 0 Å². The average Bonchev–Trinajstić information content (AvgIpc) is 3.25. The van der Waals surface area contributed by atoms with Crippen LogP contribution in [0.15, 0.2) is 84.0 Å². The highest BCUT2D eigenvalue weighted by atomic mass is 32.1. The van der Waals surface area contributed by atoms with Gasteiger partial charge in [0.05, 0.1) is 18.0 Å². The van der Waals surface area contributed by atoms with E-state index in [1.807, 2.05) is 66.7 Å². The number of nitrogens with zero attached hydrogens (tertiary/aromatic N) is 3. The second kappa shape index (κ2) is 10.7. The molecule has 4 aromatic rings. The number of anilines is 2. The normalized spacial score (nSPS) is 11.2. The van der Waals surface area contributed by atoms with Crippen LogP contribution >= 0.6 is 12.6 Å². The van der Waals surface area contributed by atoms with Crippen LogP contribution in [0.3, 0.4) is 0 Å². The van der Waals surface area contributed by atoms with Gasteiger partial charge in [0, 0.05) is 40.9 Å². The van der Waals surface area contributed by atoms with E-state index in [2.05, 4.69) is 49.0 Å². The number of amides is 2. The van der Waals surface area contributed by atoms with Gasteiger partial charge < -0.3 is 10.1 Å². The van der Waals surface area contributed by atoms with E-state index in [9.17, 15) is 4.79 Å². The number of carbonyl (C=O) groups excluding carboxylic acids is 1. The van der Waals surface area contributed by atoms with Crippen LogP contribution in [0.25, 0.3) is 5.69 Å². The van der Waals surface area contributed by atoms with Crippen molar-refractivity contribution in [1.82, 2.24) is 14.8 Å². The van der Waals surface area contributed by atoms with Crippen LogP contribution < -0.4 is 15.4 Å². The number of aromatic nitrogens is 3. The minimum atomic E-state index is -0.358. The Labute approximate surface area is 211 Å². The second-order valence-corrected chi connectivity index (χ2v) is 9.67. The fourth-order valence-electron chi connectivity index (χ4n) is 3.38. The molecule has 0 aliphatic rings. The van der Waals surface area contributed by atoms with Crippen LogP contribution in [0.2, 0.25) is 0 Å². The van der Waals surface area contributed by atoms with Crippen LogP contribution in [0.4, 0.5) is 16.3 Å². The number of urea groups is 1. The largest absolute Gasteiger partial charge is 0.493 e. The third-order valence-corrected chi connectivity index (χ3v) is 5.63. The summed E-state index contributed by atoms with van der Waals surface area (Å²) in [6.45, 7) is 6.81. The molecular weight excluding hydrogens is 458 g/mol. The van der Waals surface area contributed by atoms with E-state index < -0.39 is 0 Å².